The third-order valence-corrected chi connectivity index (χ3v) is 6.31. The molecule has 1 fully saturated rings. The summed E-state index contributed by atoms with van der Waals surface area (Å²) in [4.78, 5) is 32.5. The largest absolute Gasteiger partial charge is 0.487 e. The topological polar surface area (TPSA) is 75.9 Å². The summed E-state index contributed by atoms with van der Waals surface area (Å²) in [6.45, 7) is 0.918. The number of carbonyl (C=O) groups is 2. The summed E-state index contributed by atoms with van der Waals surface area (Å²) in [6.07, 6.45) is 5.35. The molecule has 1 saturated heterocycles. The van der Waals surface area contributed by atoms with Gasteiger partial charge in [-0.15, -0.1) is 11.3 Å². The van der Waals surface area contributed by atoms with E-state index in [1.54, 1.807) is 17.0 Å². The lowest BCUT2D eigenvalue weighted by atomic mass is 10.2. The molecule has 0 spiro atoms. The van der Waals surface area contributed by atoms with Crippen LogP contribution in [-0.4, -0.2) is 38.7 Å². The van der Waals surface area contributed by atoms with Gasteiger partial charge < -0.3 is 19.4 Å². The molecule has 0 radical (unpaired) electrons. The van der Waals surface area contributed by atoms with Crippen LogP contribution in [0.3, 0.4) is 0 Å². The molecule has 3 aromatic heterocycles. The molecule has 1 aliphatic heterocycles. The van der Waals surface area contributed by atoms with Crippen molar-refractivity contribution in [2.75, 3.05) is 11.9 Å². The normalized spacial score (nSPS) is 15.8. The smallest absolute Gasteiger partial charge is 0.264 e. The van der Waals surface area contributed by atoms with E-state index in [1.165, 1.54) is 11.3 Å². The minimum Gasteiger partial charge on any atom is -0.487 e. The van der Waals surface area contributed by atoms with Crippen molar-refractivity contribution in [3.63, 3.8) is 0 Å². The molecule has 5 rings (SSSR count). The molecule has 1 aromatic carbocycles. The first-order valence-electron chi connectivity index (χ1n) is 10.5. The third kappa shape index (κ3) is 4.22. The predicted octanol–water partition coefficient (Wildman–Crippen LogP) is 4.22. The zero-order chi connectivity index (χ0) is 21.9. The van der Waals surface area contributed by atoms with E-state index in [-0.39, 0.29) is 11.8 Å². The van der Waals surface area contributed by atoms with Crippen LogP contribution in [0, 0.1) is 0 Å². The zero-order valence-electron chi connectivity index (χ0n) is 17.3. The number of hydrogen-bond acceptors (Lipinski definition) is 5. The number of fused-ring (bicyclic) bond motifs is 1. The minimum atomic E-state index is -0.466. The summed E-state index contributed by atoms with van der Waals surface area (Å²) in [6, 6.07) is 16.3. The predicted molar refractivity (Wildman–Crippen MR) is 123 cm³/mol. The highest BCUT2D eigenvalue weighted by Crippen LogP contribution is 2.25. The van der Waals surface area contributed by atoms with Gasteiger partial charge in [-0.1, -0.05) is 18.2 Å². The van der Waals surface area contributed by atoms with Crippen molar-refractivity contribution in [3.8, 4) is 5.75 Å². The number of benzene rings is 1. The first-order valence-corrected chi connectivity index (χ1v) is 11.4. The zero-order valence-corrected chi connectivity index (χ0v) is 18.1. The Labute approximate surface area is 189 Å². The maximum atomic E-state index is 12.9. The number of likely N-dealkylation sites (tertiary alicyclic amines) is 1. The van der Waals surface area contributed by atoms with Crippen LogP contribution in [0.1, 0.15) is 28.2 Å². The van der Waals surface area contributed by atoms with Crippen molar-refractivity contribution in [3.05, 3.63) is 82.9 Å². The van der Waals surface area contributed by atoms with Crippen LogP contribution in [0.15, 0.2) is 72.4 Å². The Kier molecular flexibility index (Phi) is 5.60. The van der Waals surface area contributed by atoms with Crippen molar-refractivity contribution >= 4 is 34.5 Å². The van der Waals surface area contributed by atoms with E-state index in [2.05, 4.69) is 10.3 Å². The number of rotatable bonds is 6. The van der Waals surface area contributed by atoms with E-state index in [1.807, 2.05) is 64.6 Å². The standard InChI is InChI=1S/C24H22N4O3S/c29-23(20-8-4-12-28(20)24(30)21-9-5-13-32-21)26-17-6-3-7-19(14-17)31-16-18-15-27-11-2-1-10-22(27)25-18/h1-3,5-7,9-11,13-15,20H,4,8,12,16H2,(H,26,29)/t20-/m0/s1. The van der Waals surface area contributed by atoms with E-state index < -0.39 is 6.04 Å². The summed E-state index contributed by atoms with van der Waals surface area (Å²) in [7, 11) is 0. The number of ether oxygens (including phenoxy) is 1. The van der Waals surface area contributed by atoms with Crippen LogP contribution in [0.5, 0.6) is 5.75 Å². The fraction of sp³-hybridized carbons (Fsp3) is 0.208. The van der Waals surface area contributed by atoms with Gasteiger partial charge in [-0.25, -0.2) is 4.98 Å². The number of imidazole rings is 1. The highest BCUT2D eigenvalue weighted by molar-refractivity contribution is 7.12. The Morgan fingerprint density at radius 2 is 2.09 bits per heavy atom. The van der Waals surface area contributed by atoms with Gasteiger partial charge in [-0.05, 0) is 48.6 Å². The Morgan fingerprint density at radius 3 is 2.94 bits per heavy atom. The molecular formula is C24H22N4O3S. The minimum absolute atomic E-state index is 0.0813. The molecule has 1 N–H and O–H groups in total. The van der Waals surface area contributed by atoms with Gasteiger partial charge in [0.15, 0.2) is 0 Å². The lowest BCUT2D eigenvalue weighted by Gasteiger charge is -2.23. The van der Waals surface area contributed by atoms with Gasteiger partial charge in [-0.3, -0.25) is 9.59 Å². The SMILES string of the molecule is O=C(Nc1cccc(OCc2cn3ccccc3n2)c1)[C@@H]1CCCN1C(=O)c1cccs1. The van der Waals surface area contributed by atoms with E-state index in [4.69, 9.17) is 4.74 Å². The monoisotopic (exact) mass is 446 g/mol. The number of hydrogen-bond donors (Lipinski definition) is 1. The van der Waals surface area contributed by atoms with Crippen molar-refractivity contribution in [1.82, 2.24) is 14.3 Å². The van der Waals surface area contributed by atoms with Crippen molar-refractivity contribution in [1.29, 1.82) is 0 Å². The summed E-state index contributed by atoms with van der Waals surface area (Å²) in [5.41, 5.74) is 2.32. The van der Waals surface area contributed by atoms with Gasteiger partial charge in [0.05, 0.1) is 10.6 Å². The maximum Gasteiger partial charge on any atom is 0.264 e. The summed E-state index contributed by atoms with van der Waals surface area (Å²) < 4.78 is 7.83. The average Bonchev–Trinajstić information content (AvgIpc) is 3.57. The summed E-state index contributed by atoms with van der Waals surface area (Å²) in [5, 5.41) is 4.82. The third-order valence-electron chi connectivity index (χ3n) is 5.45. The Hall–Kier alpha value is -3.65. The molecule has 0 aliphatic carbocycles. The summed E-state index contributed by atoms with van der Waals surface area (Å²) >= 11 is 1.40. The number of nitrogens with one attached hydrogen (secondary N) is 1. The van der Waals surface area contributed by atoms with Crippen LogP contribution in [0.25, 0.3) is 5.65 Å². The molecule has 7 nitrogen and oxygen atoms in total. The highest BCUT2D eigenvalue weighted by Gasteiger charge is 2.34. The molecule has 0 unspecified atom stereocenters. The molecule has 32 heavy (non-hydrogen) atoms. The maximum absolute atomic E-state index is 12.9. The molecule has 0 saturated carbocycles. The molecule has 162 valence electrons. The van der Waals surface area contributed by atoms with Crippen molar-refractivity contribution < 1.29 is 14.3 Å². The molecule has 2 amide bonds. The highest BCUT2D eigenvalue weighted by atomic mass is 32.1. The number of carbonyl (C=O) groups excluding carboxylic acids is 2. The van der Waals surface area contributed by atoms with Gasteiger partial charge in [0.2, 0.25) is 5.91 Å². The molecule has 0 bridgehead atoms. The number of aromatic nitrogens is 2. The van der Waals surface area contributed by atoms with Crippen LogP contribution < -0.4 is 10.1 Å². The van der Waals surface area contributed by atoms with Crippen LogP contribution in [0.2, 0.25) is 0 Å². The second-order valence-electron chi connectivity index (χ2n) is 7.64. The van der Waals surface area contributed by atoms with E-state index in [9.17, 15) is 9.59 Å². The molecule has 1 atom stereocenters. The van der Waals surface area contributed by atoms with Crippen LogP contribution in [0.4, 0.5) is 5.69 Å². The second-order valence-corrected chi connectivity index (χ2v) is 8.59. The van der Waals surface area contributed by atoms with Gasteiger partial charge in [-0.2, -0.15) is 0 Å². The second kappa shape index (κ2) is 8.84. The Bertz CT molecular complexity index is 1220. The molecule has 4 aromatic rings. The average molecular weight is 447 g/mol. The first-order chi connectivity index (χ1) is 15.7. The molecule has 4 heterocycles. The fourth-order valence-electron chi connectivity index (χ4n) is 3.93. The summed E-state index contributed by atoms with van der Waals surface area (Å²) in [5.74, 6) is 0.380. The first kappa shape index (κ1) is 20.3. The van der Waals surface area contributed by atoms with Crippen LogP contribution >= 0.6 is 11.3 Å². The Balaban J connectivity index is 1.23. The van der Waals surface area contributed by atoms with Crippen LogP contribution in [-0.2, 0) is 11.4 Å². The van der Waals surface area contributed by atoms with E-state index >= 15 is 0 Å². The number of thiophene rings is 1. The lowest BCUT2D eigenvalue weighted by molar-refractivity contribution is -0.119. The molecule has 8 heteroatoms. The van der Waals surface area contributed by atoms with Gasteiger partial charge >= 0.3 is 0 Å². The van der Waals surface area contributed by atoms with Crippen molar-refractivity contribution in [2.24, 2.45) is 0 Å². The van der Waals surface area contributed by atoms with Gasteiger partial charge in [0, 0.05) is 30.7 Å². The molecular weight excluding hydrogens is 424 g/mol. The quantitative estimate of drug-likeness (QED) is 0.481. The van der Waals surface area contributed by atoms with Crippen molar-refractivity contribution in [2.45, 2.75) is 25.5 Å². The van der Waals surface area contributed by atoms with E-state index in [0.29, 0.717) is 35.9 Å². The van der Waals surface area contributed by atoms with E-state index in [0.717, 1.165) is 17.8 Å². The number of amides is 2. The van der Waals surface area contributed by atoms with Gasteiger partial charge in [0.1, 0.15) is 24.0 Å². The number of pyridine rings is 1. The van der Waals surface area contributed by atoms with Gasteiger partial charge in [0.25, 0.3) is 5.91 Å². The Morgan fingerprint density at radius 1 is 1.16 bits per heavy atom. The number of anilines is 1. The number of nitrogens with zero attached hydrogens (tertiary/aromatic N) is 3. The fourth-order valence-corrected chi connectivity index (χ4v) is 4.61. The molecule has 1 aliphatic rings. The lowest BCUT2D eigenvalue weighted by Crippen LogP contribution is -2.42.